The van der Waals surface area contributed by atoms with Gasteiger partial charge in [-0.1, -0.05) is 0 Å². The van der Waals surface area contributed by atoms with Gasteiger partial charge in [-0.2, -0.15) is 0 Å². The summed E-state index contributed by atoms with van der Waals surface area (Å²) >= 11 is 0. The van der Waals surface area contributed by atoms with Crippen molar-refractivity contribution in [1.29, 1.82) is 0 Å². The average molecular weight is 403 g/mol. The summed E-state index contributed by atoms with van der Waals surface area (Å²) in [5, 5.41) is 2.79. The van der Waals surface area contributed by atoms with Gasteiger partial charge in [0.05, 0.1) is 24.1 Å². The lowest BCUT2D eigenvalue weighted by Crippen LogP contribution is -2.30. The molecule has 1 aliphatic rings. The van der Waals surface area contributed by atoms with Crippen molar-refractivity contribution in [2.75, 3.05) is 12.4 Å². The van der Waals surface area contributed by atoms with Crippen molar-refractivity contribution in [1.82, 2.24) is 19.4 Å². The minimum atomic E-state index is -0.487. The van der Waals surface area contributed by atoms with Crippen molar-refractivity contribution >= 4 is 17.5 Å². The lowest BCUT2D eigenvalue weighted by molar-refractivity contribution is 0.0816. The van der Waals surface area contributed by atoms with Gasteiger partial charge < -0.3 is 14.8 Å². The van der Waals surface area contributed by atoms with Crippen LogP contribution in [0.3, 0.4) is 0 Å². The number of aromatic nitrogens is 3. The molecule has 0 spiro atoms. The van der Waals surface area contributed by atoms with Gasteiger partial charge in [-0.15, -0.1) is 0 Å². The SMILES string of the molecule is Cc1cnc(Cn2ccc(C)c(C(=O)Nc3ccc4c(c3)CN(C)C4=O)c2=O)cn1. The maximum absolute atomic E-state index is 13.0. The summed E-state index contributed by atoms with van der Waals surface area (Å²) in [6.07, 6.45) is 4.90. The molecule has 1 aliphatic heterocycles. The molecule has 1 aromatic carbocycles. The van der Waals surface area contributed by atoms with E-state index in [9.17, 15) is 14.4 Å². The van der Waals surface area contributed by atoms with Gasteiger partial charge in [0.1, 0.15) is 5.56 Å². The van der Waals surface area contributed by atoms with E-state index in [-0.39, 0.29) is 18.0 Å². The van der Waals surface area contributed by atoms with E-state index in [2.05, 4.69) is 15.3 Å². The van der Waals surface area contributed by atoms with Gasteiger partial charge in [0, 0.05) is 37.2 Å². The third-order valence-corrected chi connectivity index (χ3v) is 5.12. The number of pyridine rings is 1. The van der Waals surface area contributed by atoms with E-state index in [1.54, 1.807) is 61.7 Å². The number of nitrogens with one attached hydrogen (secondary N) is 1. The van der Waals surface area contributed by atoms with Gasteiger partial charge in [-0.3, -0.25) is 24.4 Å². The summed E-state index contributed by atoms with van der Waals surface area (Å²) in [5.41, 5.74) is 3.70. The van der Waals surface area contributed by atoms with Gasteiger partial charge >= 0.3 is 0 Å². The van der Waals surface area contributed by atoms with Crippen LogP contribution < -0.4 is 10.9 Å². The molecule has 2 aromatic heterocycles. The largest absolute Gasteiger partial charge is 0.337 e. The van der Waals surface area contributed by atoms with E-state index < -0.39 is 11.5 Å². The van der Waals surface area contributed by atoms with E-state index in [0.29, 0.717) is 29.1 Å². The highest BCUT2D eigenvalue weighted by Crippen LogP contribution is 2.24. The lowest BCUT2D eigenvalue weighted by atomic mass is 10.1. The standard InChI is InChI=1S/C22H21N5O3/c1-13-6-7-27(12-17-10-23-14(2)9-24-17)22(30)19(13)20(28)25-16-4-5-18-15(8-16)11-26(3)21(18)29/h4-10H,11-12H2,1-3H3,(H,25,28). The monoisotopic (exact) mass is 403 g/mol. The Kier molecular flexibility index (Phi) is 4.91. The highest BCUT2D eigenvalue weighted by atomic mass is 16.2. The zero-order valence-electron chi connectivity index (χ0n) is 17.0. The fraction of sp³-hybridized carbons (Fsp3) is 0.227. The normalized spacial score (nSPS) is 12.8. The van der Waals surface area contributed by atoms with Crippen LogP contribution in [-0.4, -0.2) is 38.3 Å². The van der Waals surface area contributed by atoms with Gasteiger partial charge in [0.25, 0.3) is 17.4 Å². The van der Waals surface area contributed by atoms with Crippen LogP contribution in [0.25, 0.3) is 0 Å². The van der Waals surface area contributed by atoms with E-state index in [1.807, 2.05) is 6.92 Å². The number of benzene rings is 1. The Bertz CT molecular complexity index is 1210. The van der Waals surface area contributed by atoms with Gasteiger partial charge in [0.15, 0.2) is 0 Å². The third-order valence-electron chi connectivity index (χ3n) is 5.12. The van der Waals surface area contributed by atoms with Crippen molar-refractivity contribution in [2.45, 2.75) is 26.9 Å². The summed E-state index contributed by atoms with van der Waals surface area (Å²) in [6.45, 7) is 4.28. The molecule has 3 heterocycles. The zero-order valence-corrected chi connectivity index (χ0v) is 17.0. The van der Waals surface area contributed by atoms with Crippen LogP contribution in [0.15, 0.2) is 47.7 Å². The molecule has 0 fully saturated rings. The van der Waals surface area contributed by atoms with Crippen LogP contribution in [0.5, 0.6) is 0 Å². The van der Waals surface area contributed by atoms with Gasteiger partial charge in [-0.25, -0.2) is 0 Å². The number of hydrogen-bond acceptors (Lipinski definition) is 5. The topological polar surface area (TPSA) is 97.2 Å². The Morgan fingerprint density at radius 1 is 1.13 bits per heavy atom. The van der Waals surface area contributed by atoms with E-state index >= 15 is 0 Å². The number of carbonyl (C=O) groups is 2. The van der Waals surface area contributed by atoms with Crippen molar-refractivity contribution in [2.24, 2.45) is 0 Å². The summed E-state index contributed by atoms with van der Waals surface area (Å²) in [7, 11) is 1.73. The first-order chi connectivity index (χ1) is 14.3. The Labute approximate surface area is 173 Å². The van der Waals surface area contributed by atoms with Crippen molar-refractivity contribution < 1.29 is 9.59 Å². The molecule has 0 saturated heterocycles. The quantitative estimate of drug-likeness (QED) is 0.720. The van der Waals surface area contributed by atoms with Crippen molar-refractivity contribution in [3.63, 3.8) is 0 Å². The number of anilines is 1. The van der Waals surface area contributed by atoms with Crippen LogP contribution in [0, 0.1) is 13.8 Å². The molecule has 0 aliphatic carbocycles. The van der Waals surface area contributed by atoms with Crippen LogP contribution >= 0.6 is 0 Å². The summed E-state index contributed by atoms with van der Waals surface area (Å²) in [6, 6.07) is 6.87. The molecule has 0 bridgehead atoms. The third kappa shape index (κ3) is 3.59. The molecule has 4 rings (SSSR count). The molecule has 0 radical (unpaired) electrons. The number of fused-ring (bicyclic) bond motifs is 1. The zero-order chi connectivity index (χ0) is 21.4. The summed E-state index contributed by atoms with van der Waals surface area (Å²) in [5.74, 6) is -0.525. The number of hydrogen-bond donors (Lipinski definition) is 1. The number of aryl methyl sites for hydroxylation is 2. The lowest BCUT2D eigenvalue weighted by Gasteiger charge is -2.11. The predicted molar refractivity (Wildman–Crippen MR) is 112 cm³/mol. The van der Waals surface area contributed by atoms with Crippen molar-refractivity contribution in [3.05, 3.63) is 86.9 Å². The van der Waals surface area contributed by atoms with Crippen LogP contribution in [-0.2, 0) is 13.1 Å². The van der Waals surface area contributed by atoms with Crippen LogP contribution in [0.1, 0.15) is 43.2 Å². The number of amides is 2. The molecule has 8 heteroatoms. The molecule has 30 heavy (non-hydrogen) atoms. The maximum atomic E-state index is 13.0. The van der Waals surface area contributed by atoms with Crippen molar-refractivity contribution in [3.8, 4) is 0 Å². The highest BCUT2D eigenvalue weighted by Gasteiger charge is 2.25. The minimum absolute atomic E-state index is 0.0381. The molecule has 3 aromatic rings. The van der Waals surface area contributed by atoms with Gasteiger partial charge in [0.2, 0.25) is 0 Å². The molecular formula is C22H21N5O3. The summed E-state index contributed by atoms with van der Waals surface area (Å²) < 4.78 is 1.44. The fourth-order valence-corrected chi connectivity index (χ4v) is 3.48. The highest BCUT2D eigenvalue weighted by molar-refractivity contribution is 6.05. The predicted octanol–water partition coefficient (Wildman–Crippen LogP) is 2.14. The first-order valence-electron chi connectivity index (χ1n) is 9.51. The van der Waals surface area contributed by atoms with Crippen LogP contribution in [0.2, 0.25) is 0 Å². The second-order valence-corrected chi connectivity index (χ2v) is 7.44. The Morgan fingerprint density at radius 3 is 2.67 bits per heavy atom. The Morgan fingerprint density at radius 2 is 1.93 bits per heavy atom. The molecule has 8 nitrogen and oxygen atoms in total. The molecule has 0 unspecified atom stereocenters. The fourth-order valence-electron chi connectivity index (χ4n) is 3.48. The molecule has 152 valence electrons. The van der Waals surface area contributed by atoms with E-state index in [0.717, 1.165) is 11.3 Å². The maximum Gasteiger partial charge on any atom is 0.264 e. The Balaban J connectivity index is 1.60. The molecular weight excluding hydrogens is 382 g/mol. The summed E-state index contributed by atoms with van der Waals surface area (Å²) in [4.78, 5) is 48.0. The first kappa shape index (κ1) is 19.5. The minimum Gasteiger partial charge on any atom is -0.337 e. The first-order valence-corrected chi connectivity index (χ1v) is 9.51. The van der Waals surface area contributed by atoms with Crippen LogP contribution in [0.4, 0.5) is 5.69 Å². The van der Waals surface area contributed by atoms with E-state index in [1.165, 1.54) is 4.57 Å². The number of nitrogens with zero attached hydrogens (tertiary/aromatic N) is 4. The molecule has 1 N–H and O–H groups in total. The molecule has 2 amide bonds. The van der Waals surface area contributed by atoms with Gasteiger partial charge in [-0.05, 0) is 49.2 Å². The number of carbonyl (C=O) groups excluding carboxylic acids is 2. The number of rotatable bonds is 4. The molecule has 0 saturated carbocycles. The second kappa shape index (κ2) is 7.55. The van der Waals surface area contributed by atoms with E-state index in [4.69, 9.17) is 0 Å². The Hall–Kier alpha value is -3.81. The smallest absolute Gasteiger partial charge is 0.264 e. The second-order valence-electron chi connectivity index (χ2n) is 7.44. The average Bonchev–Trinajstić information content (AvgIpc) is 2.99. The molecule has 0 atom stereocenters.